The van der Waals surface area contributed by atoms with Crippen molar-refractivity contribution in [3.05, 3.63) is 33.4 Å². The lowest BCUT2D eigenvalue weighted by molar-refractivity contribution is 0.563. The van der Waals surface area contributed by atoms with Crippen molar-refractivity contribution >= 4 is 21.4 Å². The van der Waals surface area contributed by atoms with Gasteiger partial charge in [0.25, 0.3) is 10.0 Å². The molecule has 2 N–H and O–H groups in total. The van der Waals surface area contributed by atoms with E-state index in [1.54, 1.807) is 18.3 Å². The Bertz CT molecular complexity index is 686. The van der Waals surface area contributed by atoms with Gasteiger partial charge < -0.3 is 4.98 Å². The maximum atomic E-state index is 12.2. The molecule has 2 aromatic rings. The Morgan fingerprint density at radius 1 is 1.37 bits per heavy atom. The van der Waals surface area contributed by atoms with E-state index in [9.17, 15) is 8.42 Å². The van der Waals surface area contributed by atoms with Gasteiger partial charge in [0, 0.05) is 15.8 Å². The molecule has 104 valence electrons. The predicted molar refractivity (Wildman–Crippen MR) is 75.9 cm³/mol. The van der Waals surface area contributed by atoms with E-state index >= 15 is 0 Å². The SMILES string of the molecule is Cc1ncc(S(=O)(=O)NC(C)c2cc(C)sc2C)[nH]1. The van der Waals surface area contributed by atoms with Crippen LogP contribution in [0.25, 0.3) is 0 Å². The molecule has 1 atom stereocenters. The average Bonchev–Trinajstić information content (AvgIpc) is 2.84. The van der Waals surface area contributed by atoms with E-state index in [0.717, 1.165) is 10.4 Å². The second-order valence-electron chi connectivity index (χ2n) is 4.54. The number of H-pyrrole nitrogens is 1. The minimum Gasteiger partial charge on any atom is -0.332 e. The summed E-state index contributed by atoms with van der Waals surface area (Å²) in [5.41, 5.74) is 1.02. The lowest BCUT2D eigenvalue weighted by atomic mass is 10.1. The van der Waals surface area contributed by atoms with Gasteiger partial charge in [-0.2, -0.15) is 0 Å². The van der Waals surface area contributed by atoms with E-state index in [1.165, 1.54) is 11.1 Å². The highest BCUT2D eigenvalue weighted by atomic mass is 32.2. The number of aromatic nitrogens is 2. The van der Waals surface area contributed by atoms with Crippen molar-refractivity contribution in [2.45, 2.75) is 38.8 Å². The third-order valence-electron chi connectivity index (χ3n) is 2.85. The molecule has 1 unspecified atom stereocenters. The Labute approximate surface area is 117 Å². The van der Waals surface area contributed by atoms with Crippen LogP contribution in [0.1, 0.15) is 34.1 Å². The van der Waals surface area contributed by atoms with E-state index in [1.807, 2.05) is 26.8 Å². The van der Waals surface area contributed by atoms with Crippen LogP contribution in [0.5, 0.6) is 0 Å². The molecule has 2 rings (SSSR count). The van der Waals surface area contributed by atoms with Crippen LogP contribution in [0.4, 0.5) is 0 Å². The van der Waals surface area contributed by atoms with Crippen molar-refractivity contribution in [3.63, 3.8) is 0 Å². The van der Waals surface area contributed by atoms with Gasteiger partial charge in [0.05, 0.1) is 6.20 Å². The van der Waals surface area contributed by atoms with Gasteiger partial charge in [-0.1, -0.05) is 0 Å². The standard InChI is InChI=1S/C12H17N3O2S2/c1-7-5-11(9(3)18-7)8(2)15-19(16,17)12-6-13-10(4)14-12/h5-6,8,15H,1-4H3,(H,13,14). The Morgan fingerprint density at radius 3 is 2.53 bits per heavy atom. The molecule has 19 heavy (non-hydrogen) atoms. The fraction of sp³-hybridized carbons (Fsp3) is 0.417. The molecule has 0 saturated carbocycles. The summed E-state index contributed by atoms with van der Waals surface area (Å²) >= 11 is 1.67. The van der Waals surface area contributed by atoms with E-state index in [4.69, 9.17) is 0 Å². The van der Waals surface area contributed by atoms with Crippen LogP contribution in [0.3, 0.4) is 0 Å². The van der Waals surface area contributed by atoms with Crippen molar-refractivity contribution in [3.8, 4) is 0 Å². The number of imidazole rings is 1. The van der Waals surface area contributed by atoms with Crippen LogP contribution in [0, 0.1) is 20.8 Å². The van der Waals surface area contributed by atoms with E-state index < -0.39 is 10.0 Å². The zero-order chi connectivity index (χ0) is 14.2. The molecule has 0 fully saturated rings. The van der Waals surface area contributed by atoms with Crippen molar-refractivity contribution in [1.29, 1.82) is 0 Å². The predicted octanol–water partition coefficient (Wildman–Crippen LogP) is 2.44. The zero-order valence-corrected chi connectivity index (χ0v) is 12.9. The van der Waals surface area contributed by atoms with E-state index in [0.29, 0.717) is 5.82 Å². The first kappa shape index (κ1) is 14.2. The molecular weight excluding hydrogens is 282 g/mol. The number of nitrogens with one attached hydrogen (secondary N) is 2. The molecule has 0 aromatic carbocycles. The van der Waals surface area contributed by atoms with E-state index in [2.05, 4.69) is 14.7 Å². The lowest BCUT2D eigenvalue weighted by Crippen LogP contribution is -2.27. The van der Waals surface area contributed by atoms with Crippen LogP contribution < -0.4 is 4.72 Å². The monoisotopic (exact) mass is 299 g/mol. The minimum atomic E-state index is -3.56. The third kappa shape index (κ3) is 3.05. The lowest BCUT2D eigenvalue weighted by Gasteiger charge is -2.13. The number of thiophene rings is 1. The fourth-order valence-corrected chi connectivity index (χ4v) is 4.19. The van der Waals surface area contributed by atoms with Crippen molar-refractivity contribution < 1.29 is 8.42 Å². The third-order valence-corrected chi connectivity index (χ3v) is 5.28. The molecule has 2 heterocycles. The van der Waals surface area contributed by atoms with Gasteiger partial charge in [-0.25, -0.2) is 18.1 Å². The summed E-state index contributed by atoms with van der Waals surface area (Å²) in [6.07, 6.45) is 1.33. The summed E-state index contributed by atoms with van der Waals surface area (Å²) in [4.78, 5) is 8.96. The molecule has 0 radical (unpaired) electrons. The smallest absolute Gasteiger partial charge is 0.258 e. The largest absolute Gasteiger partial charge is 0.332 e. The average molecular weight is 299 g/mol. The van der Waals surface area contributed by atoms with Gasteiger partial charge in [0.15, 0.2) is 5.03 Å². The van der Waals surface area contributed by atoms with Crippen LogP contribution in [-0.4, -0.2) is 18.4 Å². The van der Waals surface area contributed by atoms with Gasteiger partial charge in [-0.3, -0.25) is 0 Å². The molecule has 0 aliphatic rings. The number of hydrogen-bond acceptors (Lipinski definition) is 4. The molecular formula is C12H17N3O2S2. The fourth-order valence-electron chi connectivity index (χ4n) is 1.97. The quantitative estimate of drug-likeness (QED) is 0.910. The number of hydrogen-bond donors (Lipinski definition) is 2. The number of rotatable bonds is 4. The highest BCUT2D eigenvalue weighted by molar-refractivity contribution is 7.89. The Kier molecular flexibility index (Phi) is 3.80. The Morgan fingerprint density at radius 2 is 2.05 bits per heavy atom. The van der Waals surface area contributed by atoms with Crippen LogP contribution in [0.2, 0.25) is 0 Å². The normalized spacial score (nSPS) is 13.7. The highest BCUT2D eigenvalue weighted by Gasteiger charge is 2.21. The summed E-state index contributed by atoms with van der Waals surface area (Å²) in [6, 6.07) is 1.75. The minimum absolute atomic E-state index is 0.0986. The van der Waals surface area contributed by atoms with Crippen LogP contribution in [0.15, 0.2) is 17.3 Å². The molecule has 0 aliphatic carbocycles. The molecule has 2 aromatic heterocycles. The molecule has 0 aliphatic heterocycles. The summed E-state index contributed by atoms with van der Waals surface area (Å²) < 4.78 is 27.0. The number of nitrogens with zero attached hydrogens (tertiary/aromatic N) is 1. The van der Waals surface area contributed by atoms with Gasteiger partial charge in [0.2, 0.25) is 0 Å². The van der Waals surface area contributed by atoms with Gasteiger partial charge >= 0.3 is 0 Å². The molecule has 0 amide bonds. The Balaban J connectivity index is 2.23. The van der Waals surface area contributed by atoms with Crippen LogP contribution >= 0.6 is 11.3 Å². The molecule has 5 nitrogen and oxygen atoms in total. The number of aryl methyl sites for hydroxylation is 3. The van der Waals surface area contributed by atoms with Gasteiger partial charge in [-0.15, -0.1) is 11.3 Å². The van der Waals surface area contributed by atoms with Crippen molar-refractivity contribution in [2.24, 2.45) is 0 Å². The maximum Gasteiger partial charge on any atom is 0.258 e. The second kappa shape index (κ2) is 5.07. The van der Waals surface area contributed by atoms with E-state index in [-0.39, 0.29) is 11.1 Å². The molecule has 0 saturated heterocycles. The van der Waals surface area contributed by atoms with Crippen LogP contribution in [-0.2, 0) is 10.0 Å². The first-order valence-electron chi connectivity index (χ1n) is 5.90. The first-order valence-corrected chi connectivity index (χ1v) is 8.20. The topological polar surface area (TPSA) is 74.8 Å². The van der Waals surface area contributed by atoms with Crippen molar-refractivity contribution in [1.82, 2.24) is 14.7 Å². The zero-order valence-electron chi connectivity index (χ0n) is 11.3. The number of sulfonamides is 1. The van der Waals surface area contributed by atoms with Crippen molar-refractivity contribution in [2.75, 3.05) is 0 Å². The molecule has 7 heteroatoms. The first-order chi connectivity index (χ1) is 8.79. The summed E-state index contributed by atoms with van der Waals surface area (Å²) in [7, 11) is -3.56. The number of aromatic amines is 1. The Hall–Kier alpha value is -1.18. The van der Waals surface area contributed by atoms with Gasteiger partial charge in [-0.05, 0) is 39.3 Å². The summed E-state index contributed by atoms with van der Waals surface area (Å²) in [6.45, 7) is 7.57. The summed E-state index contributed by atoms with van der Waals surface area (Å²) in [5.74, 6) is 0.579. The maximum absolute atomic E-state index is 12.2. The van der Waals surface area contributed by atoms with Gasteiger partial charge in [0.1, 0.15) is 5.82 Å². The molecule has 0 bridgehead atoms. The summed E-state index contributed by atoms with van der Waals surface area (Å²) in [5, 5.41) is 0.0986. The highest BCUT2D eigenvalue weighted by Crippen LogP contribution is 2.27. The second-order valence-corrected chi connectivity index (χ2v) is 7.69. The molecule has 0 spiro atoms.